The molecule has 0 saturated heterocycles. The van der Waals surface area contributed by atoms with E-state index in [9.17, 15) is 10.1 Å². The van der Waals surface area contributed by atoms with Crippen LogP contribution in [0, 0.1) is 16.7 Å². The zero-order chi connectivity index (χ0) is 27.7. The molecule has 0 saturated carbocycles. The predicted molar refractivity (Wildman–Crippen MR) is 155 cm³/mol. The standard InChI is InChI=1S/C30H31N5O2S2/c1-18(2)38-29-34-33-28(39-29)35-23-14-30(3,4)15-24(36)26(23)25(22(16-31)27(35)32)20-11-8-12-21(13-20)37-17-19-9-6-5-7-10-19/h5-13,18,25H,14-15,17,32H2,1-4H3. The van der Waals surface area contributed by atoms with Crippen LogP contribution in [0.2, 0.25) is 0 Å². The first-order valence-electron chi connectivity index (χ1n) is 12.9. The second-order valence-corrected chi connectivity index (χ2v) is 13.6. The van der Waals surface area contributed by atoms with Gasteiger partial charge in [0.1, 0.15) is 18.2 Å². The lowest BCUT2D eigenvalue weighted by atomic mass is 9.68. The lowest BCUT2D eigenvalue weighted by Crippen LogP contribution is -2.42. The fourth-order valence-electron chi connectivity index (χ4n) is 5.13. The van der Waals surface area contributed by atoms with Crippen molar-refractivity contribution >= 4 is 34.0 Å². The van der Waals surface area contributed by atoms with Crippen LogP contribution < -0.4 is 15.4 Å². The Morgan fingerprint density at radius 3 is 2.67 bits per heavy atom. The summed E-state index contributed by atoms with van der Waals surface area (Å²) in [6.45, 7) is 8.78. The number of rotatable bonds is 7. The van der Waals surface area contributed by atoms with Crippen LogP contribution >= 0.6 is 23.1 Å². The summed E-state index contributed by atoms with van der Waals surface area (Å²) in [7, 11) is 0. The van der Waals surface area contributed by atoms with Crippen LogP contribution in [0.4, 0.5) is 5.13 Å². The van der Waals surface area contributed by atoms with Crippen LogP contribution in [-0.2, 0) is 11.4 Å². The molecular weight excluding hydrogens is 526 g/mol. The van der Waals surface area contributed by atoms with Gasteiger partial charge in [-0.05, 0) is 35.1 Å². The molecule has 39 heavy (non-hydrogen) atoms. The lowest BCUT2D eigenvalue weighted by molar-refractivity contribution is -0.118. The number of benzene rings is 2. The summed E-state index contributed by atoms with van der Waals surface area (Å²) in [6.07, 6.45) is 1.02. The minimum Gasteiger partial charge on any atom is -0.489 e. The van der Waals surface area contributed by atoms with Crippen LogP contribution in [0.25, 0.3) is 0 Å². The highest BCUT2D eigenvalue weighted by molar-refractivity contribution is 8.01. The van der Waals surface area contributed by atoms with Gasteiger partial charge in [-0.25, -0.2) is 0 Å². The van der Waals surface area contributed by atoms with E-state index in [2.05, 4.69) is 44.0 Å². The van der Waals surface area contributed by atoms with Crippen LogP contribution in [-0.4, -0.2) is 21.2 Å². The maximum Gasteiger partial charge on any atom is 0.219 e. The molecule has 0 radical (unpaired) electrons. The number of ether oxygens (including phenoxy) is 1. The van der Waals surface area contributed by atoms with Gasteiger partial charge >= 0.3 is 0 Å². The number of aromatic nitrogens is 2. The molecule has 1 aromatic heterocycles. The second kappa shape index (κ2) is 10.9. The number of nitrogens with two attached hydrogens (primary N) is 1. The number of hydrogen-bond acceptors (Lipinski definition) is 9. The van der Waals surface area contributed by atoms with Crippen molar-refractivity contribution in [3.8, 4) is 11.8 Å². The van der Waals surface area contributed by atoms with E-state index in [1.165, 1.54) is 11.3 Å². The van der Waals surface area contributed by atoms with Crippen molar-refractivity contribution in [2.24, 2.45) is 11.1 Å². The first-order chi connectivity index (χ1) is 18.7. The van der Waals surface area contributed by atoms with Crippen LogP contribution in [0.5, 0.6) is 5.75 Å². The molecular formula is C30H31N5O2S2. The maximum absolute atomic E-state index is 13.8. The monoisotopic (exact) mass is 557 g/mol. The van der Waals surface area contributed by atoms with Gasteiger partial charge in [-0.3, -0.25) is 9.69 Å². The normalized spacial score (nSPS) is 18.8. The number of thioether (sulfide) groups is 1. The van der Waals surface area contributed by atoms with Crippen molar-refractivity contribution in [3.63, 3.8) is 0 Å². The molecule has 9 heteroatoms. The van der Waals surface area contributed by atoms with Crippen molar-refractivity contribution in [2.75, 3.05) is 4.90 Å². The summed E-state index contributed by atoms with van der Waals surface area (Å²) in [6, 6.07) is 19.9. The molecule has 1 aliphatic carbocycles. The summed E-state index contributed by atoms with van der Waals surface area (Å²) < 4.78 is 6.90. The molecule has 0 fully saturated rings. The molecule has 1 aliphatic heterocycles. The van der Waals surface area contributed by atoms with Gasteiger partial charge in [0.2, 0.25) is 5.13 Å². The van der Waals surface area contributed by atoms with E-state index in [4.69, 9.17) is 10.5 Å². The predicted octanol–water partition coefficient (Wildman–Crippen LogP) is 6.56. The molecule has 1 atom stereocenters. The molecule has 2 aromatic carbocycles. The van der Waals surface area contributed by atoms with E-state index < -0.39 is 5.92 Å². The number of carbonyl (C=O) groups is 1. The molecule has 3 aromatic rings. The Kier molecular flexibility index (Phi) is 7.52. The summed E-state index contributed by atoms with van der Waals surface area (Å²) >= 11 is 3.04. The third kappa shape index (κ3) is 5.58. The van der Waals surface area contributed by atoms with Crippen molar-refractivity contribution in [1.82, 2.24) is 10.2 Å². The molecule has 0 bridgehead atoms. The molecule has 0 spiro atoms. The Morgan fingerprint density at radius 1 is 1.18 bits per heavy atom. The summed E-state index contributed by atoms with van der Waals surface area (Å²) in [5, 5.41) is 20.1. The van der Waals surface area contributed by atoms with Gasteiger partial charge in [-0.2, -0.15) is 5.26 Å². The highest BCUT2D eigenvalue weighted by atomic mass is 32.2. The number of allylic oxidation sites excluding steroid dienone is 3. The van der Waals surface area contributed by atoms with Crippen molar-refractivity contribution in [3.05, 3.63) is 88.4 Å². The number of ketones is 1. The number of anilines is 1. The van der Waals surface area contributed by atoms with Crippen molar-refractivity contribution < 1.29 is 9.53 Å². The molecule has 200 valence electrons. The third-order valence-electron chi connectivity index (χ3n) is 6.74. The van der Waals surface area contributed by atoms with Gasteiger partial charge in [0.15, 0.2) is 10.1 Å². The number of nitriles is 1. The first kappa shape index (κ1) is 27.0. The number of carbonyl (C=O) groups excluding carboxylic acids is 1. The first-order valence-corrected chi connectivity index (χ1v) is 14.6. The van der Waals surface area contributed by atoms with Gasteiger partial charge in [0.25, 0.3) is 0 Å². The maximum atomic E-state index is 13.8. The van der Waals surface area contributed by atoms with Crippen LogP contribution in [0.15, 0.2) is 81.6 Å². The highest BCUT2D eigenvalue weighted by Gasteiger charge is 2.45. The second-order valence-electron chi connectivity index (χ2n) is 10.8. The molecule has 2 N–H and O–H groups in total. The molecule has 2 heterocycles. The quantitative estimate of drug-likeness (QED) is 0.326. The summed E-state index contributed by atoms with van der Waals surface area (Å²) in [4.78, 5) is 15.6. The van der Waals surface area contributed by atoms with E-state index in [1.54, 1.807) is 16.7 Å². The van der Waals surface area contributed by atoms with E-state index >= 15 is 0 Å². The molecule has 2 aliphatic rings. The Labute approximate surface area is 237 Å². The zero-order valence-electron chi connectivity index (χ0n) is 22.5. The van der Waals surface area contributed by atoms with E-state index in [-0.39, 0.29) is 11.2 Å². The Bertz CT molecular complexity index is 1500. The Balaban J connectivity index is 1.58. The molecule has 0 amide bonds. The average Bonchev–Trinajstić information content (AvgIpc) is 3.34. The number of nitrogens with zero attached hydrogens (tertiary/aromatic N) is 4. The van der Waals surface area contributed by atoms with E-state index in [0.717, 1.165) is 21.2 Å². The lowest BCUT2D eigenvalue weighted by Gasteiger charge is -2.42. The molecule has 7 nitrogen and oxygen atoms in total. The van der Waals surface area contributed by atoms with Gasteiger partial charge in [-0.15, -0.1) is 10.2 Å². The summed E-state index contributed by atoms with van der Waals surface area (Å²) in [5.41, 5.74) is 10.1. The minimum atomic E-state index is -0.581. The van der Waals surface area contributed by atoms with E-state index in [1.807, 2.05) is 54.6 Å². The van der Waals surface area contributed by atoms with E-state index in [0.29, 0.717) is 52.5 Å². The SMILES string of the molecule is CC(C)Sc1nnc(N2C(N)=C(C#N)C(c3cccc(OCc4ccccc4)c3)C3=C2CC(C)(C)CC3=O)s1. The minimum absolute atomic E-state index is 0.0217. The fraction of sp³-hybridized carbons (Fsp3) is 0.333. The average molecular weight is 558 g/mol. The van der Waals surface area contributed by atoms with Gasteiger partial charge in [-0.1, -0.05) is 93.3 Å². The zero-order valence-corrected chi connectivity index (χ0v) is 24.1. The smallest absolute Gasteiger partial charge is 0.219 e. The summed E-state index contributed by atoms with van der Waals surface area (Å²) in [5.74, 6) is 0.399. The van der Waals surface area contributed by atoms with Crippen molar-refractivity contribution in [1.29, 1.82) is 5.26 Å². The fourth-order valence-corrected chi connectivity index (χ4v) is 7.23. The largest absolute Gasteiger partial charge is 0.489 e. The third-order valence-corrected chi connectivity index (χ3v) is 8.74. The topological polar surface area (TPSA) is 105 Å². The molecule has 1 unspecified atom stereocenters. The van der Waals surface area contributed by atoms with Crippen LogP contribution in [0.1, 0.15) is 57.6 Å². The Morgan fingerprint density at radius 2 is 1.95 bits per heavy atom. The van der Waals surface area contributed by atoms with Gasteiger partial charge in [0, 0.05) is 22.9 Å². The van der Waals surface area contributed by atoms with Gasteiger partial charge < -0.3 is 10.5 Å². The number of hydrogen-bond donors (Lipinski definition) is 1. The highest BCUT2D eigenvalue weighted by Crippen LogP contribution is 2.51. The van der Waals surface area contributed by atoms with Crippen molar-refractivity contribution in [2.45, 2.75) is 62.7 Å². The Hall–Kier alpha value is -3.61. The number of Topliss-reactive ketones (excluding diaryl/α,β-unsaturated/α-hetero) is 1. The van der Waals surface area contributed by atoms with Gasteiger partial charge in [0.05, 0.1) is 17.6 Å². The van der Waals surface area contributed by atoms with Crippen LogP contribution in [0.3, 0.4) is 0 Å². The molecule has 5 rings (SSSR count).